The van der Waals surface area contributed by atoms with Gasteiger partial charge in [-0.15, -0.1) is 8.42 Å². The summed E-state index contributed by atoms with van der Waals surface area (Å²) < 4.78 is 67.9. The van der Waals surface area contributed by atoms with E-state index in [0.29, 0.717) is 16.9 Å². The largest absolute Gasteiger partial charge is 0.500 e. The zero-order valence-electron chi connectivity index (χ0n) is 22.7. The van der Waals surface area contributed by atoms with Crippen molar-refractivity contribution in [2.75, 3.05) is 13.4 Å². The summed E-state index contributed by atoms with van der Waals surface area (Å²) in [6.07, 6.45) is 0.975. The molecule has 0 fully saturated rings. The Hall–Kier alpha value is -4.35. The Balaban J connectivity index is 1.40. The number of hydrogen-bond donors (Lipinski definition) is 0. The molecule has 0 spiro atoms. The minimum absolute atomic E-state index is 0.0164. The molecule has 0 saturated heterocycles. The van der Waals surface area contributed by atoms with Crippen molar-refractivity contribution < 1.29 is 38.9 Å². The molecule has 0 aromatic heterocycles. The SMILES string of the molecule is COc1ccc(C(=O)c2ccc(OS(=O)(=O)Oc3ccc(C(C)(C)c4ccc(OS(C)(=O)=O)cc4)cc3)cc2)cc1. The van der Waals surface area contributed by atoms with Crippen molar-refractivity contribution in [2.45, 2.75) is 19.3 Å². The lowest BCUT2D eigenvalue weighted by Crippen LogP contribution is -2.19. The number of carbonyl (C=O) groups is 1. The van der Waals surface area contributed by atoms with E-state index in [4.69, 9.17) is 17.3 Å². The summed E-state index contributed by atoms with van der Waals surface area (Å²) in [6.45, 7) is 3.94. The van der Waals surface area contributed by atoms with Crippen molar-refractivity contribution in [3.63, 3.8) is 0 Å². The van der Waals surface area contributed by atoms with Crippen LogP contribution in [-0.2, 0) is 25.9 Å². The Labute approximate surface area is 239 Å². The van der Waals surface area contributed by atoms with Gasteiger partial charge in [-0.3, -0.25) is 4.79 Å². The first-order valence-corrected chi connectivity index (χ1v) is 15.4. The van der Waals surface area contributed by atoms with Gasteiger partial charge in [0.25, 0.3) is 0 Å². The van der Waals surface area contributed by atoms with E-state index in [1.165, 1.54) is 43.5 Å². The van der Waals surface area contributed by atoms with Crippen molar-refractivity contribution in [3.05, 3.63) is 119 Å². The molecule has 0 saturated carbocycles. The van der Waals surface area contributed by atoms with Crippen LogP contribution in [0.25, 0.3) is 0 Å². The summed E-state index contributed by atoms with van der Waals surface area (Å²) >= 11 is 0. The average Bonchev–Trinajstić information content (AvgIpc) is 2.92. The van der Waals surface area contributed by atoms with Gasteiger partial charge in [-0.25, -0.2) is 0 Å². The molecule has 0 aliphatic heterocycles. The van der Waals surface area contributed by atoms with Crippen LogP contribution in [0.2, 0.25) is 0 Å². The van der Waals surface area contributed by atoms with E-state index < -0.39 is 25.9 Å². The summed E-state index contributed by atoms with van der Waals surface area (Å²) in [4.78, 5) is 12.7. The van der Waals surface area contributed by atoms with Gasteiger partial charge in [0.1, 0.15) is 23.0 Å². The zero-order chi connectivity index (χ0) is 29.8. The van der Waals surface area contributed by atoms with E-state index >= 15 is 0 Å². The number of ketones is 1. The topological polar surface area (TPSA) is 122 Å². The number of methoxy groups -OCH3 is 1. The molecule has 0 N–H and O–H groups in total. The Kier molecular flexibility index (Phi) is 8.41. The molecular formula is C30H28O9S2. The summed E-state index contributed by atoms with van der Waals surface area (Å²) in [7, 11) is -6.55. The van der Waals surface area contributed by atoms with Crippen molar-refractivity contribution in [3.8, 4) is 23.0 Å². The molecule has 0 amide bonds. The van der Waals surface area contributed by atoms with Crippen LogP contribution in [0.3, 0.4) is 0 Å². The predicted octanol–water partition coefficient (Wildman–Crippen LogP) is 5.29. The van der Waals surface area contributed by atoms with Crippen molar-refractivity contribution in [1.29, 1.82) is 0 Å². The molecule has 4 aromatic carbocycles. The highest BCUT2D eigenvalue weighted by Crippen LogP contribution is 2.34. The van der Waals surface area contributed by atoms with Crippen molar-refractivity contribution in [2.24, 2.45) is 0 Å². The summed E-state index contributed by atoms with van der Waals surface area (Å²) in [5, 5.41) is 0. The minimum atomic E-state index is -4.46. The molecule has 0 heterocycles. The quantitative estimate of drug-likeness (QED) is 0.168. The number of hydrogen-bond acceptors (Lipinski definition) is 9. The van der Waals surface area contributed by atoms with Gasteiger partial charge < -0.3 is 17.3 Å². The molecule has 0 atom stereocenters. The highest BCUT2D eigenvalue weighted by atomic mass is 32.3. The van der Waals surface area contributed by atoms with Crippen LogP contribution in [0, 0.1) is 0 Å². The second-order valence-corrected chi connectivity index (χ2v) is 12.3. The molecule has 214 valence electrons. The summed E-state index contributed by atoms with van der Waals surface area (Å²) in [6, 6.07) is 25.5. The van der Waals surface area contributed by atoms with Crippen LogP contribution >= 0.6 is 0 Å². The van der Waals surface area contributed by atoms with E-state index in [1.54, 1.807) is 60.7 Å². The monoisotopic (exact) mass is 596 g/mol. The second-order valence-electron chi connectivity index (χ2n) is 9.62. The van der Waals surface area contributed by atoms with Crippen LogP contribution in [0.15, 0.2) is 97.1 Å². The van der Waals surface area contributed by atoms with Crippen LogP contribution in [0.1, 0.15) is 40.9 Å². The minimum Gasteiger partial charge on any atom is -0.497 e. The molecule has 9 nitrogen and oxygen atoms in total. The lowest BCUT2D eigenvalue weighted by molar-refractivity contribution is 0.103. The number of carbonyl (C=O) groups excluding carboxylic acids is 1. The normalized spacial score (nSPS) is 11.9. The van der Waals surface area contributed by atoms with E-state index in [0.717, 1.165) is 17.4 Å². The first-order chi connectivity index (χ1) is 19.3. The molecule has 0 aliphatic rings. The fourth-order valence-corrected chi connectivity index (χ4v) is 5.21. The van der Waals surface area contributed by atoms with Crippen molar-refractivity contribution >= 4 is 26.3 Å². The fraction of sp³-hybridized carbons (Fsp3) is 0.167. The third kappa shape index (κ3) is 7.65. The highest BCUT2D eigenvalue weighted by molar-refractivity contribution is 7.86. The molecule has 4 aromatic rings. The lowest BCUT2D eigenvalue weighted by Gasteiger charge is -2.26. The predicted molar refractivity (Wildman–Crippen MR) is 154 cm³/mol. The standard InChI is InChI=1S/C30H28O9S2/c1-30(2,23-9-17-26(18-10-23)37-40(4,32)33)24-11-19-28(20-12-24)39-41(34,35)38-27-15-7-22(8-16-27)29(31)21-5-13-25(36-3)14-6-21/h5-20H,1-4H3. The van der Waals surface area contributed by atoms with Crippen LogP contribution in [0.4, 0.5) is 0 Å². The van der Waals surface area contributed by atoms with Crippen LogP contribution in [-0.4, -0.2) is 36.0 Å². The average molecular weight is 597 g/mol. The molecule has 0 radical (unpaired) electrons. The van der Waals surface area contributed by atoms with Gasteiger partial charge >= 0.3 is 20.5 Å². The Bertz CT molecular complexity index is 1730. The van der Waals surface area contributed by atoms with Gasteiger partial charge in [-0.2, -0.15) is 8.42 Å². The molecule has 0 unspecified atom stereocenters. The molecule has 0 bridgehead atoms. The molecule has 4 rings (SSSR count). The van der Waals surface area contributed by atoms with E-state index in [2.05, 4.69) is 0 Å². The maximum Gasteiger partial charge on any atom is 0.500 e. The number of benzene rings is 4. The van der Waals surface area contributed by atoms with Gasteiger partial charge in [-0.1, -0.05) is 38.1 Å². The first kappa shape index (κ1) is 29.6. The lowest BCUT2D eigenvalue weighted by atomic mass is 9.78. The Morgan fingerprint density at radius 3 is 1.27 bits per heavy atom. The van der Waals surface area contributed by atoms with E-state index in [9.17, 15) is 21.6 Å². The van der Waals surface area contributed by atoms with Gasteiger partial charge in [0, 0.05) is 16.5 Å². The van der Waals surface area contributed by atoms with Gasteiger partial charge in [0.15, 0.2) is 5.78 Å². The number of ether oxygens (including phenoxy) is 1. The van der Waals surface area contributed by atoms with E-state index in [-0.39, 0.29) is 23.0 Å². The van der Waals surface area contributed by atoms with Gasteiger partial charge in [0.05, 0.1) is 13.4 Å². The molecule has 0 aliphatic carbocycles. The third-order valence-electron chi connectivity index (χ3n) is 6.26. The molecule has 41 heavy (non-hydrogen) atoms. The summed E-state index contributed by atoms with van der Waals surface area (Å²) in [5.74, 6) is 0.631. The Morgan fingerprint density at radius 2 is 0.902 bits per heavy atom. The van der Waals surface area contributed by atoms with E-state index in [1.807, 2.05) is 13.8 Å². The second kappa shape index (κ2) is 11.6. The maximum absolute atomic E-state index is 12.7. The number of rotatable bonds is 11. The first-order valence-electron chi connectivity index (χ1n) is 12.3. The Morgan fingerprint density at radius 1 is 0.561 bits per heavy atom. The smallest absolute Gasteiger partial charge is 0.497 e. The highest BCUT2D eigenvalue weighted by Gasteiger charge is 2.24. The van der Waals surface area contributed by atoms with Crippen LogP contribution in [0.5, 0.6) is 23.0 Å². The van der Waals surface area contributed by atoms with Crippen molar-refractivity contribution in [1.82, 2.24) is 0 Å². The molecular weight excluding hydrogens is 568 g/mol. The molecule has 11 heteroatoms. The fourth-order valence-electron chi connectivity index (χ4n) is 4.02. The summed E-state index contributed by atoms with van der Waals surface area (Å²) in [5.41, 5.74) is 2.06. The third-order valence-corrected chi connectivity index (χ3v) is 7.55. The zero-order valence-corrected chi connectivity index (χ0v) is 24.4. The van der Waals surface area contributed by atoms with Gasteiger partial charge in [-0.05, 0) is 83.9 Å². The van der Waals surface area contributed by atoms with Gasteiger partial charge in [0.2, 0.25) is 0 Å². The van der Waals surface area contributed by atoms with Crippen LogP contribution < -0.4 is 17.3 Å². The maximum atomic E-state index is 12.7.